The Kier molecular flexibility index (Phi) is 5.84. The van der Waals surface area contributed by atoms with E-state index in [4.69, 9.17) is 5.73 Å². The average molecular weight is 337 g/mol. The number of aryl methyl sites for hydroxylation is 1. The van der Waals surface area contributed by atoms with E-state index in [1.54, 1.807) is 0 Å². The van der Waals surface area contributed by atoms with Crippen LogP contribution < -0.4 is 16.4 Å². The number of amides is 1. The summed E-state index contributed by atoms with van der Waals surface area (Å²) in [6.07, 6.45) is 3.40. The first-order valence-corrected chi connectivity index (χ1v) is 9.08. The molecule has 2 aromatic rings. The molecule has 0 radical (unpaired) electrons. The van der Waals surface area contributed by atoms with E-state index in [0.29, 0.717) is 6.42 Å². The number of carbonyl (C=O) groups is 1. The van der Waals surface area contributed by atoms with Crippen molar-refractivity contribution in [3.63, 3.8) is 0 Å². The normalized spacial score (nSPS) is 18.6. The Morgan fingerprint density at radius 3 is 2.64 bits per heavy atom. The van der Waals surface area contributed by atoms with Crippen molar-refractivity contribution in [1.82, 2.24) is 10.6 Å². The van der Waals surface area contributed by atoms with Gasteiger partial charge in [-0.25, -0.2) is 0 Å². The molecule has 4 nitrogen and oxygen atoms in total. The highest BCUT2D eigenvalue weighted by Crippen LogP contribution is 2.23. The molecule has 4 heteroatoms. The molecular formula is C21H27N3O. The van der Waals surface area contributed by atoms with Crippen LogP contribution in [0.4, 0.5) is 0 Å². The first-order chi connectivity index (χ1) is 12.1. The lowest BCUT2D eigenvalue weighted by Gasteiger charge is -2.24. The predicted octanol–water partition coefficient (Wildman–Crippen LogP) is 2.75. The van der Waals surface area contributed by atoms with Gasteiger partial charge in [0, 0.05) is 6.42 Å². The van der Waals surface area contributed by atoms with Crippen LogP contribution in [-0.2, 0) is 11.2 Å². The lowest BCUT2D eigenvalue weighted by Crippen LogP contribution is -2.52. The Morgan fingerprint density at radius 2 is 1.96 bits per heavy atom. The Morgan fingerprint density at radius 1 is 1.20 bits per heavy atom. The van der Waals surface area contributed by atoms with Crippen LogP contribution in [-0.4, -0.2) is 24.7 Å². The maximum Gasteiger partial charge on any atom is 0.238 e. The lowest BCUT2D eigenvalue weighted by molar-refractivity contribution is -0.124. The van der Waals surface area contributed by atoms with Crippen molar-refractivity contribution in [2.75, 3.05) is 6.54 Å². The van der Waals surface area contributed by atoms with Crippen LogP contribution in [0, 0.1) is 6.92 Å². The summed E-state index contributed by atoms with van der Waals surface area (Å²) in [6, 6.07) is 16.7. The SMILES string of the molecule is Cc1ccccc1-c1ccc(C[C@@H](N)NC(=O)[C@@H]2CCCCN2)cc1. The van der Waals surface area contributed by atoms with Gasteiger partial charge in [-0.15, -0.1) is 0 Å². The van der Waals surface area contributed by atoms with Crippen molar-refractivity contribution in [2.24, 2.45) is 5.73 Å². The third-order valence-electron chi connectivity index (χ3n) is 4.82. The minimum Gasteiger partial charge on any atom is -0.339 e. The van der Waals surface area contributed by atoms with E-state index in [1.165, 1.54) is 16.7 Å². The van der Waals surface area contributed by atoms with Gasteiger partial charge in [-0.2, -0.15) is 0 Å². The van der Waals surface area contributed by atoms with Crippen LogP contribution in [0.5, 0.6) is 0 Å². The Balaban J connectivity index is 1.57. The second-order valence-corrected chi connectivity index (χ2v) is 6.83. The van der Waals surface area contributed by atoms with Crippen molar-refractivity contribution >= 4 is 5.91 Å². The highest BCUT2D eigenvalue weighted by atomic mass is 16.2. The molecule has 0 saturated carbocycles. The van der Waals surface area contributed by atoms with Crippen molar-refractivity contribution in [3.05, 3.63) is 59.7 Å². The molecule has 2 aromatic carbocycles. The van der Waals surface area contributed by atoms with Gasteiger partial charge in [-0.05, 0) is 48.6 Å². The number of benzene rings is 2. The summed E-state index contributed by atoms with van der Waals surface area (Å²) in [5.41, 5.74) is 11.0. The highest BCUT2D eigenvalue weighted by molar-refractivity contribution is 5.82. The van der Waals surface area contributed by atoms with Crippen molar-refractivity contribution < 1.29 is 4.79 Å². The molecular weight excluding hydrogens is 310 g/mol. The molecule has 3 rings (SSSR count). The summed E-state index contributed by atoms with van der Waals surface area (Å²) in [5.74, 6) is 0.0173. The van der Waals surface area contributed by atoms with Crippen LogP contribution >= 0.6 is 0 Å². The molecule has 25 heavy (non-hydrogen) atoms. The van der Waals surface area contributed by atoms with E-state index < -0.39 is 0 Å². The predicted molar refractivity (Wildman–Crippen MR) is 102 cm³/mol. The summed E-state index contributed by atoms with van der Waals surface area (Å²) in [5, 5.41) is 6.18. The number of nitrogens with two attached hydrogens (primary N) is 1. The van der Waals surface area contributed by atoms with Gasteiger partial charge >= 0.3 is 0 Å². The topological polar surface area (TPSA) is 67.1 Å². The lowest BCUT2D eigenvalue weighted by atomic mass is 9.98. The summed E-state index contributed by atoms with van der Waals surface area (Å²) < 4.78 is 0. The fourth-order valence-corrected chi connectivity index (χ4v) is 3.38. The third kappa shape index (κ3) is 4.68. The molecule has 0 spiro atoms. The van der Waals surface area contributed by atoms with Gasteiger partial charge in [0.25, 0.3) is 0 Å². The highest BCUT2D eigenvalue weighted by Gasteiger charge is 2.21. The first kappa shape index (κ1) is 17.6. The third-order valence-corrected chi connectivity index (χ3v) is 4.82. The molecule has 0 aliphatic carbocycles. The summed E-state index contributed by atoms with van der Waals surface area (Å²) in [6.45, 7) is 3.03. The van der Waals surface area contributed by atoms with Crippen LogP contribution in [0.3, 0.4) is 0 Å². The minimum atomic E-state index is -0.361. The zero-order valence-electron chi connectivity index (χ0n) is 14.8. The van der Waals surface area contributed by atoms with Gasteiger partial charge in [0.1, 0.15) is 0 Å². The van der Waals surface area contributed by atoms with Gasteiger partial charge in [-0.1, -0.05) is 55.0 Å². The Hall–Kier alpha value is -2.17. The van der Waals surface area contributed by atoms with Gasteiger partial charge in [0.05, 0.1) is 12.2 Å². The maximum absolute atomic E-state index is 12.2. The summed E-state index contributed by atoms with van der Waals surface area (Å²) in [4.78, 5) is 12.2. The van der Waals surface area contributed by atoms with Crippen molar-refractivity contribution in [3.8, 4) is 11.1 Å². The molecule has 1 heterocycles. The van der Waals surface area contributed by atoms with Crippen molar-refractivity contribution in [1.29, 1.82) is 0 Å². The van der Waals surface area contributed by atoms with E-state index in [2.05, 4.69) is 66.1 Å². The van der Waals surface area contributed by atoms with Crippen LogP contribution in [0.15, 0.2) is 48.5 Å². The maximum atomic E-state index is 12.2. The monoisotopic (exact) mass is 337 g/mol. The van der Waals surface area contributed by atoms with E-state index in [9.17, 15) is 4.79 Å². The molecule has 132 valence electrons. The zero-order chi connectivity index (χ0) is 17.6. The number of piperidine rings is 1. The van der Waals surface area contributed by atoms with Crippen molar-refractivity contribution in [2.45, 2.75) is 44.8 Å². The Bertz CT molecular complexity index is 705. The number of nitrogens with one attached hydrogen (secondary N) is 2. The van der Waals surface area contributed by atoms with Gasteiger partial charge in [0.2, 0.25) is 5.91 Å². The van der Waals surface area contributed by atoms with Gasteiger partial charge in [-0.3, -0.25) is 4.79 Å². The molecule has 4 N–H and O–H groups in total. The van der Waals surface area contributed by atoms with E-state index in [0.717, 1.165) is 31.4 Å². The number of hydrogen-bond donors (Lipinski definition) is 3. The molecule has 1 aliphatic rings. The number of hydrogen-bond acceptors (Lipinski definition) is 3. The van der Waals surface area contributed by atoms with E-state index in [1.807, 2.05) is 0 Å². The molecule has 0 aromatic heterocycles. The smallest absolute Gasteiger partial charge is 0.238 e. The van der Waals surface area contributed by atoms with E-state index in [-0.39, 0.29) is 18.1 Å². The van der Waals surface area contributed by atoms with Crippen LogP contribution in [0.2, 0.25) is 0 Å². The Labute approximate surface area is 149 Å². The number of rotatable bonds is 5. The average Bonchev–Trinajstić information content (AvgIpc) is 2.63. The van der Waals surface area contributed by atoms with Gasteiger partial charge in [0.15, 0.2) is 0 Å². The minimum absolute atomic E-state index is 0.0173. The quantitative estimate of drug-likeness (QED) is 0.735. The molecule has 1 aliphatic heterocycles. The molecule has 2 atom stereocenters. The fraction of sp³-hybridized carbons (Fsp3) is 0.381. The van der Waals surface area contributed by atoms with Crippen LogP contribution in [0.1, 0.15) is 30.4 Å². The zero-order valence-corrected chi connectivity index (χ0v) is 14.8. The molecule has 0 bridgehead atoms. The molecule has 1 saturated heterocycles. The largest absolute Gasteiger partial charge is 0.339 e. The second kappa shape index (κ2) is 8.28. The standard InChI is InChI=1S/C21H27N3O/c1-15-6-2-3-7-18(15)17-11-9-16(10-12-17)14-20(22)24-21(25)19-8-4-5-13-23-19/h2-3,6-7,9-12,19-20,23H,4-5,8,13-14,22H2,1H3,(H,24,25)/t19-,20-/m0/s1. The molecule has 1 amide bonds. The number of carbonyl (C=O) groups excluding carboxylic acids is 1. The molecule has 1 fully saturated rings. The van der Waals surface area contributed by atoms with E-state index >= 15 is 0 Å². The fourth-order valence-electron chi connectivity index (χ4n) is 3.38. The second-order valence-electron chi connectivity index (χ2n) is 6.83. The molecule has 0 unspecified atom stereocenters. The summed E-state index contributed by atoms with van der Waals surface area (Å²) in [7, 11) is 0. The van der Waals surface area contributed by atoms with Gasteiger partial charge < -0.3 is 16.4 Å². The van der Waals surface area contributed by atoms with Crippen LogP contribution in [0.25, 0.3) is 11.1 Å². The summed E-state index contributed by atoms with van der Waals surface area (Å²) >= 11 is 0. The first-order valence-electron chi connectivity index (χ1n) is 9.08.